The number of carbonyl (C=O) groups excluding carboxylic acids is 1. The van der Waals surface area contributed by atoms with Crippen LogP contribution >= 0.6 is 22.9 Å². The summed E-state index contributed by atoms with van der Waals surface area (Å²) in [5, 5.41) is 15.0. The van der Waals surface area contributed by atoms with Crippen LogP contribution in [0.3, 0.4) is 0 Å². The summed E-state index contributed by atoms with van der Waals surface area (Å²) in [7, 11) is 0. The molecule has 0 unspecified atom stereocenters. The van der Waals surface area contributed by atoms with Gasteiger partial charge in [0.15, 0.2) is 0 Å². The minimum Gasteiger partial charge on any atom is -0.480 e. The van der Waals surface area contributed by atoms with Gasteiger partial charge in [-0.15, -0.1) is 11.3 Å². The minimum atomic E-state index is -1.05. The molecule has 1 amide bonds. The molecule has 24 heavy (non-hydrogen) atoms. The van der Waals surface area contributed by atoms with Crippen LogP contribution in [0.4, 0.5) is 0 Å². The number of amides is 1. The van der Waals surface area contributed by atoms with E-state index in [0.29, 0.717) is 10.7 Å². The van der Waals surface area contributed by atoms with Gasteiger partial charge in [0, 0.05) is 16.0 Å². The number of carboxylic acids is 1. The van der Waals surface area contributed by atoms with Gasteiger partial charge in [0.2, 0.25) is 5.91 Å². The van der Waals surface area contributed by atoms with Gasteiger partial charge in [-0.25, -0.2) is 9.78 Å². The van der Waals surface area contributed by atoms with Crippen molar-refractivity contribution in [2.24, 2.45) is 5.41 Å². The number of hydrogen-bond acceptors (Lipinski definition) is 4. The summed E-state index contributed by atoms with van der Waals surface area (Å²) < 4.78 is 0. The second-order valence-electron chi connectivity index (χ2n) is 6.54. The molecule has 0 fully saturated rings. The Labute approximate surface area is 149 Å². The van der Waals surface area contributed by atoms with Crippen molar-refractivity contribution in [3.05, 3.63) is 40.4 Å². The van der Waals surface area contributed by atoms with Crippen LogP contribution in [0.25, 0.3) is 10.6 Å². The van der Waals surface area contributed by atoms with E-state index in [-0.39, 0.29) is 12.3 Å². The van der Waals surface area contributed by atoms with E-state index in [1.807, 2.05) is 18.2 Å². The van der Waals surface area contributed by atoms with Gasteiger partial charge in [-0.3, -0.25) is 4.79 Å². The number of nitrogens with one attached hydrogen (secondary N) is 1. The van der Waals surface area contributed by atoms with E-state index in [1.165, 1.54) is 11.3 Å². The van der Waals surface area contributed by atoms with Gasteiger partial charge in [-0.1, -0.05) is 44.5 Å². The second-order valence-corrected chi connectivity index (χ2v) is 7.83. The van der Waals surface area contributed by atoms with Crippen LogP contribution < -0.4 is 5.32 Å². The van der Waals surface area contributed by atoms with Crippen molar-refractivity contribution in [2.45, 2.75) is 33.2 Å². The average molecular weight is 367 g/mol. The fraction of sp³-hybridized carbons (Fsp3) is 0.353. The van der Waals surface area contributed by atoms with E-state index >= 15 is 0 Å². The van der Waals surface area contributed by atoms with E-state index in [9.17, 15) is 14.7 Å². The standard InChI is InChI=1S/C17H19ClN2O3S/c1-17(2,3)14(16(22)23)20-13(21)8-12-9-24-15(19-12)10-5-4-6-11(18)7-10/h4-7,9,14H,8H2,1-3H3,(H,20,21)(H,22,23)/t14-/m1/s1. The molecule has 0 spiro atoms. The van der Waals surface area contributed by atoms with Gasteiger partial charge in [-0.05, 0) is 17.5 Å². The highest BCUT2D eigenvalue weighted by molar-refractivity contribution is 7.13. The van der Waals surface area contributed by atoms with Crippen molar-refractivity contribution in [3.63, 3.8) is 0 Å². The minimum absolute atomic E-state index is 0.0386. The topological polar surface area (TPSA) is 79.3 Å². The van der Waals surface area contributed by atoms with Crippen molar-refractivity contribution < 1.29 is 14.7 Å². The molecule has 0 saturated carbocycles. The zero-order valence-corrected chi connectivity index (χ0v) is 15.2. The number of aromatic nitrogens is 1. The first-order valence-corrected chi connectivity index (χ1v) is 8.65. The van der Waals surface area contributed by atoms with E-state index in [0.717, 1.165) is 10.6 Å². The molecule has 0 aliphatic rings. The smallest absolute Gasteiger partial charge is 0.326 e. The maximum atomic E-state index is 12.1. The van der Waals surface area contributed by atoms with E-state index in [1.54, 1.807) is 32.2 Å². The molecule has 5 nitrogen and oxygen atoms in total. The first-order valence-electron chi connectivity index (χ1n) is 7.39. The lowest BCUT2D eigenvalue weighted by atomic mass is 9.86. The van der Waals surface area contributed by atoms with Gasteiger partial charge in [-0.2, -0.15) is 0 Å². The summed E-state index contributed by atoms with van der Waals surface area (Å²) >= 11 is 7.39. The molecular formula is C17H19ClN2O3S. The number of nitrogens with zero attached hydrogens (tertiary/aromatic N) is 1. The van der Waals surface area contributed by atoms with Gasteiger partial charge >= 0.3 is 5.97 Å². The number of carbonyl (C=O) groups is 2. The van der Waals surface area contributed by atoms with Crippen molar-refractivity contribution in [1.82, 2.24) is 10.3 Å². The summed E-state index contributed by atoms with van der Waals surface area (Å²) in [5.41, 5.74) is 0.915. The Morgan fingerprint density at radius 2 is 2.08 bits per heavy atom. The van der Waals surface area contributed by atoms with Crippen LogP contribution in [-0.2, 0) is 16.0 Å². The number of carboxylic acid groups (broad SMARTS) is 1. The lowest BCUT2D eigenvalue weighted by molar-refractivity contribution is -0.144. The van der Waals surface area contributed by atoms with Crippen molar-refractivity contribution in [1.29, 1.82) is 0 Å². The summed E-state index contributed by atoms with van der Waals surface area (Å²) in [5.74, 6) is -1.41. The average Bonchev–Trinajstić information content (AvgIpc) is 2.91. The predicted octanol–water partition coefficient (Wildman–Crippen LogP) is 3.62. The Morgan fingerprint density at radius 3 is 2.67 bits per heavy atom. The molecule has 0 aliphatic carbocycles. The normalized spacial score (nSPS) is 12.7. The molecule has 0 saturated heterocycles. The van der Waals surface area contributed by atoms with Crippen LogP contribution in [0.5, 0.6) is 0 Å². The number of benzene rings is 1. The van der Waals surface area contributed by atoms with Gasteiger partial charge in [0.05, 0.1) is 12.1 Å². The molecule has 2 N–H and O–H groups in total. The first-order chi connectivity index (χ1) is 11.2. The molecule has 2 rings (SSSR count). The van der Waals surface area contributed by atoms with E-state index in [2.05, 4.69) is 10.3 Å². The number of rotatable bonds is 5. The fourth-order valence-electron chi connectivity index (χ4n) is 2.17. The molecule has 0 bridgehead atoms. The molecule has 1 aromatic carbocycles. The third-order valence-corrected chi connectivity index (χ3v) is 4.56. The highest BCUT2D eigenvalue weighted by atomic mass is 35.5. The number of aliphatic carboxylic acids is 1. The molecular weight excluding hydrogens is 348 g/mol. The summed E-state index contributed by atoms with van der Waals surface area (Å²) in [6, 6.07) is 6.38. The summed E-state index contributed by atoms with van der Waals surface area (Å²) in [4.78, 5) is 27.9. The fourth-order valence-corrected chi connectivity index (χ4v) is 3.17. The lowest BCUT2D eigenvalue weighted by Crippen LogP contribution is -2.49. The molecule has 0 radical (unpaired) electrons. The zero-order chi connectivity index (χ0) is 17.9. The molecule has 7 heteroatoms. The highest BCUT2D eigenvalue weighted by Gasteiger charge is 2.32. The zero-order valence-electron chi connectivity index (χ0n) is 13.7. The van der Waals surface area contributed by atoms with Crippen LogP contribution in [0.2, 0.25) is 5.02 Å². The van der Waals surface area contributed by atoms with Gasteiger partial charge in [0.1, 0.15) is 11.0 Å². The summed E-state index contributed by atoms with van der Waals surface area (Å²) in [6.07, 6.45) is 0.0386. The number of hydrogen-bond donors (Lipinski definition) is 2. The lowest BCUT2D eigenvalue weighted by Gasteiger charge is -2.27. The van der Waals surface area contributed by atoms with E-state index in [4.69, 9.17) is 11.6 Å². The van der Waals surface area contributed by atoms with Crippen molar-refractivity contribution in [2.75, 3.05) is 0 Å². The van der Waals surface area contributed by atoms with E-state index < -0.39 is 17.4 Å². The molecule has 0 aliphatic heterocycles. The van der Waals surface area contributed by atoms with Crippen LogP contribution in [-0.4, -0.2) is 28.0 Å². The molecule has 2 aromatic rings. The molecule has 1 heterocycles. The third kappa shape index (κ3) is 4.79. The highest BCUT2D eigenvalue weighted by Crippen LogP contribution is 2.26. The van der Waals surface area contributed by atoms with Crippen molar-refractivity contribution in [3.8, 4) is 10.6 Å². The quantitative estimate of drug-likeness (QED) is 0.847. The Kier molecular flexibility index (Phi) is 5.62. The Bertz CT molecular complexity index is 752. The van der Waals surface area contributed by atoms with Crippen LogP contribution in [0.15, 0.2) is 29.6 Å². The maximum Gasteiger partial charge on any atom is 0.326 e. The van der Waals surface area contributed by atoms with Gasteiger partial charge < -0.3 is 10.4 Å². The third-order valence-electron chi connectivity index (χ3n) is 3.38. The number of thiazole rings is 1. The largest absolute Gasteiger partial charge is 0.480 e. The molecule has 128 valence electrons. The number of halogens is 1. The Balaban J connectivity index is 2.06. The van der Waals surface area contributed by atoms with Crippen LogP contribution in [0, 0.1) is 5.41 Å². The molecule has 1 atom stereocenters. The Hall–Kier alpha value is -1.92. The SMILES string of the molecule is CC(C)(C)[C@H](NC(=O)Cc1csc(-c2cccc(Cl)c2)n1)C(=O)O. The van der Waals surface area contributed by atoms with Crippen molar-refractivity contribution >= 4 is 34.8 Å². The molecule has 1 aromatic heterocycles. The van der Waals surface area contributed by atoms with Crippen LogP contribution in [0.1, 0.15) is 26.5 Å². The van der Waals surface area contributed by atoms with Gasteiger partial charge in [0.25, 0.3) is 0 Å². The maximum absolute atomic E-state index is 12.1. The first kappa shape index (κ1) is 18.4. The predicted molar refractivity (Wildman–Crippen MR) is 95.3 cm³/mol. The monoisotopic (exact) mass is 366 g/mol. The second kappa shape index (κ2) is 7.32. The summed E-state index contributed by atoms with van der Waals surface area (Å²) in [6.45, 7) is 5.31. The Morgan fingerprint density at radius 1 is 1.38 bits per heavy atom.